The molecule has 0 spiro atoms. The van der Waals surface area contributed by atoms with Crippen LogP contribution in [0.25, 0.3) is 17.3 Å². The summed E-state index contributed by atoms with van der Waals surface area (Å²) in [6.07, 6.45) is 1.57. The maximum atomic E-state index is 13.5. The summed E-state index contributed by atoms with van der Waals surface area (Å²) in [6.45, 7) is 5.07. The van der Waals surface area contributed by atoms with Crippen LogP contribution in [0.15, 0.2) is 45.7 Å². The molecule has 6 nitrogen and oxygen atoms in total. The number of carbonyl (C=O) groups is 1. The summed E-state index contributed by atoms with van der Waals surface area (Å²) in [5, 5.41) is 19.9. The minimum absolute atomic E-state index is 0.0823. The van der Waals surface area contributed by atoms with Crippen molar-refractivity contribution < 1.29 is 19.0 Å². The number of nitrogens with zero attached hydrogens (tertiary/aromatic N) is 2. The zero-order valence-corrected chi connectivity index (χ0v) is 20.7. The fourth-order valence-electron chi connectivity index (χ4n) is 3.03. The fraction of sp³-hybridized carbons (Fsp3) is 0.208. The Morgan fingerprint density at radius 1 is 1.27 bits per heavy atom. The van der Waals surface area contributed by atoms with Crippen molar-refractivity contribution >= 4 is 44.7 Å². The maximum absolute atomic E-state index is 13.5. The molecule has 3 aromatic rings. The van der Waals surface area contributed by atoms with E-state index in [1.807, 2.05) is 6.07 Å². The number of aromatic nitrogens is 1. The molecule has 0 atom stereocenters. The van der Waals surface area contributed by atoms with E-state index in [4.69, 9.17) is 4.74 Å². The number of rotatable bonds is 4. The maximum Gasteiger partial charge on any atom is 0.273 e. The van der Waals surface area contributed by atoms with Crippen molar-refractivity contribution in [2.24, 2.45) is 5.41 Å². The third kappa shape index (κ3) is 4.92. The first-order valence-corrected chi connectivity index (χ1v) is 11.3. The van der Waals surface area contributed by atoms with Crippen LogP contribution in [0, 0.1) is 22.6 Å². The molecule has 0 fully saturated rings. The molecule has 170 valence electrons. The smallest absolute Gasteiger partial charge is 0.273 e. The lowest BCUT2D eigenvalue weighted by Crippen LogP contribution is -2.33. The first kappa shape index (κ1) is 24.4. The van der Waals surface area contributed by atoms with Crippen molar-refractivity contribution in [2.45, 2.75) is 20.8 Å². The van der Waals surface area contributed by atoms with Gasteiger partial charge in [0, 0.05) is 5.41 Å². The molecule has 0 aliphatic carbocycles. The van der Waals surface area contributed by atoms with Crippen molar-refractivity contribution in [1.29, 1.82) is 5.26 Å². The lowest BCUT2D eigenvalue weighted by molar-refractivity contribution is -0.120. The second kappa shape index (κ2) is 9.33. The van der Waals surface area contributed by atoms with Gasteiger partial charge in [-0.2, -0.15) is 5.26 Å². The first-order valence-electron chi connectivity index (χ1n) is 9.73. The van der Waals surface area contributed by atoms with Crippen LogP contribution >= 0.6 is 27.3 Å². The van der Waals surface area contributed by atoms with Gasteiger partial charge in [0.2, 0.25) is 0 Å². The number of hydrogen-bond donors (Lipinski definition) is 1. The monoisotopic (exact) mass is 530 g/mol. The van der Waals surface area contributed by atoms with Crippen LogP contribution < -0.4 is 19.5 Å². The highest BCUT2D eigenvalue weighted by Crippen LogP contribution is 2.35. The van der Waals surface area contributed by atoms with Crippen LogP contribution in [0.4, 0.5) is 4.39 Å². The van der Waals surface area contributed by atoms with Gasteiger partial charge >= 0.3 is 0 Å². The molecule has 1 heterocycles. The molecule has 9 heteroatoms. The molecule has 0 saturated carbocycles. The molecular weight excluding hydrogens is 511 g/mol. The topological polar surface area (TPSA) is 92.3 Å². The van der Waals surface area contributed by atoms with Crippen LogP contribution in [0.1, 0.15) is 26.3 Å². The van der Waals surface area contributed by atoms with Gasteiger partial charge in [0.15, 0.2) is 17.3 Å². The van der Waals surface area contributed by atoms with Gasteiger partial charge in [-0.05, 0) is 64.0 Å². The number of halogens is 2. The molecule has 3 rings (SSSR count). The molecule has 0 amide bonds. The third-order valence-corrected chi connectivity index (χ3v) is 6.41. The molecule has 33 heavy (non-hydrogen) atoms. The van der Waals surface area contributed by atoms with Crippen molar-refractivity contribution in [3.05, 3.63) is 71.8 Å². The lowest BCUT2D eigenvalue weighted by Gasteiger charge is -2.15. The Morgan fingerprint density at radius 2 is 1.91 bits per heavy atom. The third-order valence-electron chi connectivity index (χ3n) is 4.71. The summed E-state index contributed by atoms with van der Waals surface area (Å²) in [7, 11) is 1.41. The summed E-state index contributed by atoms with van der Waals surface area (Å²) in [5.74, 6) is -0.770. The Balaban J connectivity index is 2.43. The minimum Gasteiger partial charge on any atom is -0.503 e. The van der Waals surface area contributed by atoms with Crippen LogP contribution in [0.2, 0.25) is 0 Å². The number of ketones is 1. The van der Waals surface area contributed by atoms with E-state index in [1.54, 1.807) is 39.0 Å². The quantitative estimate of drug-likeness (QED) is 0.555. The molecule has 0 saturated heterocycles. The van der Waals surface area contributed by atoms with Gasteiger partial charge in [-0.3, -0.25) is 14.2 Å². The van der Waals surface area contributed by atoms with Crippen molar-refractivity contribution in [1.82, 2.24) is 4.57 Å². The molecule has 0 aliphatic rings. The van der Waals surface area contributed by atoms with Crippen LogP contribution in [0.3, 0.4) is 0 Å². The normalized spacial score (nSPS) is 12.9. The summed E-state index contributed by atoms with van der Waals surface area (Å²) >= 11 is 4.23. The number of benzene rings is 2. The van der Waals surface area contributed by atoms with Crippen LogP contribution in [0.5, 0.6) is 11.5 Å². The van der Waals surface area contributed by atoms with E-state index in [0.29, 0.717) is 15.7 Å². The number of ether oxygens (including phenoxy) is 1. The van der Waals surface area contributed by atoms with Gasteiger partial charge in [0.05, 0.1) is 21.8 Å². The van der Waals surface area contributed by atoms with Gasteiger partial charge in [0.25, 0.3) is 5.56 Å². The zero-order valence-electron chi connectivity index (χ0n) is 18.3. The Labute approximate surface area is 201 Å². The molecule has 0 bridgehead atoms. The number of phenols is 1. The summed E-state index contributed by atoms with van der Waals surface area (Å²) in [5.41, 5.74) is -0.602. The average molecular weight is 531 g/mol. The Morgan fingerprint density at radius 3 is 2.45 bits per heavy atom. The summed E-state index contributed by atoms with van der Waals surface area (Å²) in [6, 6.07) is 10.3. The molecule has 2 aromatic carbocycles. The van der Waals surface area contributed by atoms with E-state index in [1.165, 1.54) is 35.9 Å². The average Bonchev–Trinajstić information content (AvgIpc) is 3.06. The highest BCUT2D eigenvalue weighted by atomic mass is 79.9. The number of methoxy groups -OCH3 is 1. The van der Waals surface area contributed by atoms with E-state index in [2.05, 4.69) is 15.9 Å². The fourth-order valence-corrected chi connectivity index (χ4v) is 4.59. The molecule has 0 unspecified atom stereocenters. The predicted molar refractivity (Wildman–Crippen MR) is 129 cm³/mol. The van der Waals surface area contributed by atoms with E-state index < -0.39 is 22.6 Å². The van der Waals surface area contributed by atoms with E-state index in [9.17, 15) is 24.3 Å². The summed E-state index contributed by atoms with van der Waals surface area (Å²) in [4.78, 5) is 26.4. The Hall–Kier alpha value is -3.22. The number of nitriles is 1. The standard InChI is InChI=1S/C24H20BrFN2O4S/c1-24(2,3)21(30)16(12-27)23-28(15-7-5-14(26)6-8-15)22(31)19(33-23)11-13-9-17(25)20(29)18(10-13)32-4/h5-11,29H,1-4H3. The highest BCUT2D eigenvalue weighted by molar-refractivity contribution is 9.10. The van der Waals surface area contributed by atoms with Crippen LogP contribution in [-0.4, -0.2) is 22.6 Å². The first-order chi connectivity index (χ1) is 15.5. The molecule has 0 radical (unpaired) electrons. The van der Waals surface area contributed by atoms with Crippen LogP contribution in [-0.2, 0) is 4.79 Å². The largest absolute Gasteiger partial charge is 0.503 e. The van der Waals surface area contributed by atoms with Gasteiger partial charge in [-0.1, -0.05) is 20.8 Å². The number of phenolic OH excluding ortho intramolecular Hbond substituents is 1. The molecule has 1 aromatic heterocycles. The highest BCUT2D eigenvalue weighted by Gasteiger charge is 2.27. The van der Waals surface area contributed by atoms with Gasteiger partial charge in [-0.25, -0.2) is 4.39 Å². The van der Waals surface area contributed by atoms with Crippen molar-refractivity contribution in [3.8, 4) is 23.3 Å². The van der Waals surface area contributed by atoms with Crippen molar-refractivity contribution in [2.75, 3.05) is 7.11 Å². The second-order valence-electron chi connectivity index (χ2n) is 8.15. The molecular formula is C24H20BrFN2O4S. The minimum atomic E-state index is -0.849. The Kier molecular flexibility index (Phi) is 6.91. The van der Waals surface area contributed by atoms with Gasteiger partial charge in [-0.15, -0.1) is 11.3 Å². The zero-order chi connectivity index (χ0) is 24.5. The summed E-state index contributed by atoms with van der Waals surface area (Å²) < 4.78 is 20.7. The number of Topliss-reactive ketones (excluding diaryl/α,β-unsaturated/α-hetero) is 1. The Bertz CT molecular complexity index is 1460. The van der Waals surface area contributed by atoms with Gasteiger partial charge in [0.1, 0.15) is 22.1 Å². The number of carbonyl (C=O) groups excluding carboxylic acids is 1. The van der Waals surface area contributed by atoms with E-state index in [0.717, 1.165) is 11.3 Å². The van der Waals surface area contributed by atoms with E-state index in [-0.39, 0.29) is 26.3 Å². The second-order valence-corrected chi connectivity index (χ2v) is 10.0. The predicted octanol–water partition coefficient (Wildman–Crippen LogP) is 3.63. The number of aromatic hydroxyl groups is 1. The number of hydrogen-bond acceptors (Lipinski definition) is 6. The number of thiazole rings is 1. The van der Waals surface area contributed by atoms with Crippen molar-refractivity contribution in [3.63, 3.8) is 0 Å². The van der Waals surface area contributed by atoms with E-state index >= 15 is 0 Å². The SMILES string of the molecule is COc1cc(C=c2sc(=C(C#N)C(=O)C(C)(C)C)n(-c3ccc(F)cc3)c2=O)cc(Br)c1O. The molecule has 1 N–H and O–H groups in total. The molecule has 0 aliphatic heterocycles. The lowest BCUT2D eigenvalue weighted by atomic mass is 9.87. The van der Waals surface area contributed by atoms with Gasteiger partial charge < -0.3 is 9.84 Å².